The normalized spacial score (nSPS) is 9.29. The third-order valence-electron chi connectivity index (χ3n) is 1.80. The Morgan fingerprint density at radius 3 is 1.82 bits per heavy atom. The van der Waals surface area contributed by atoms with Gasteiger partial charge in [-0.2, -0.15) is 0 Å². The van der Waals surface area contributed by atoms with E-state index in [1.54, 1.807) is 0 Å². The molecule has 0 amide bonds. The maximum absolute atomic E-state index is 10.2. The van der Waals surface area contributed by atoms with E-state index in [1.165, 1.54) is 13.8 Å². The Morgan fingerprint density at radius 1 is 1.00 bits per heavy atom. The highest BCUT2D eigenvalue weighted by Crippen LogP contribution is 1.98. The molecule has 4 heteroatoms. The maximum Gasteiger partial charge on any atom is 0.302 e. The summed E-state index contributed by atoms with van der Waals surface area (Å²) in [5.41, 5.74) is 0. The first-order valence-electron chi connectivity index (χ1n) is 6.16. The van der Waals surface area contributed by atoms with Crippen molar-refractivity contribution in [3.05, 3.63) is 0 Å². The van der Waals surface area contributed by atoms with Crippen LogP contribution in [0.3, 0.4) is 0 Å². The van der Waals surface area contributed by atoms with Crippen molar-refractivity contribution >= 4 is 11.9 Å². The second-order valence-corrected chi connectivity index (χ2v) is 4.22. The van der Waals surface area contributed by atoms with Crippen molar-refractivity contribution in [2.24, 2.45) is 5.92 Å². The number of hydrogen-bond donors (Lipinski definition) is 0. The van der Waals surface area contributed by atoms with Gasteiger partial charge in [-0.3, -0.25) is 9.59 Å². The Morgan fingerprint density at radius 2 is 1.47 bits per heavy atom. The first kappa shape index (κ1) is 18.3. The zero-order valence-corrected chi connectivity index (χ0v) is 11.7. The number of unbranched alkanes of at least 4 members (excludes halogenated alkanes) is 1. The fraction of sp³-hybridized carbons (Fsp3) is 0.846. The molecule has 0 saturated heterocycles. The van der Waals surface area contributed by atoms with E-state index in [2.05, 4.69) is 25.5 Å². The van der Waals surface area contributed by atoms with Crippen LogP contribution < -0.4 is 0 Å². The SMILES string of the molecule is CC(=O)OCCC(C)C.CCCCOC(C)=O. The molecule has 0 saturated carbocycles. The Bertz CT molecular complexity index is 200. The van der Waals surface area contributed by atoms with Crippen LogP contribution in [0, 0.1) is 5.92 Å². The quantitative estimate of drug-likeness (QED) is 0.534. The van der Waals surface area contributed by atoms with Crippen molar-refractivity contribution < 1.29 is 19.1 Å². The summed E-state index contributed by atoms with van der Waals surface area (Å²) in [5.74, 6) is 0.249. The second kappa shape index (κ2) is 13.0. The van der Waals surface area contributed by atoms with Gasteiger partial charge in [0, 0.05) is 13.8 Å². The molecule has 0 aromatic heterocycles. The average Bonchev–Trinajstić information content (AvgIpc) is 2.17. The Labute approximate surface area is 105 Å². The zero-order valence-electron chi connectivity index (χ0n) is 11.7. The predicted octanol–water partition coefficient (Wildman–Crippen LogP) is 2.95. The van der Waals surface area contributed by atoms with Gasteiger partial charge < -0.3 is 9.47 Å². The minimum absolute atomic E-state index is 0.182. The van der Waals surface area contributed by atoms with Crippen molar-refractivity contribution in [1.29, 1.82) is 0 Å². The Balaban J connectivity index is 0. The van der Waals surface area contributed by atoms with Crippen LogP contribution in [0.4, 0.5) is 0 Å². The van der Waals surface area contributed by atoms with E-state index in [9.17, 15) is 9.59 Å². The Kier molecular flexibility index (Phi) is 14.0. The third-order valence-corrected chi connectivity index (χ3v) is 1.80. The van der Waals surface area contributed by atoms with Gasteiger partial charge in [0.1, 0.15) is 0 Å². The molecule has 0 N–H and O–H groups in total. The standard InChI is InChI=1S/C7H14O2.C6H12O2/c1-6(2)4-5-9-7(3)8;1-3-4-5-8-6(2)7/h6H,4-5H2,1-3H3;3-5H2,1-2H3. The summed E-state index contributed by atoms with van der Waals surface area (Å²) in [6, 6.07) is 0. The second-order valence-electron chi connectivity index (χ2n) is 4.22. The number of ether oxygens (including phenoxy) is 2. The molecule has 0 aromatic carbocycles. The molecule has 0 radical (unpaired) electrons. The molecule has 102 valence electrons. The van der Waals surface area contributed by atoms with Crippen LogP contribution in [-0.4, -0.2) is 25.2 Å². The van der Waals surface area contributed by atoms with E-state index in [1.807, 2.05) is 0 Å². The number of hydrogen-bond acceptors (Lipinski definition) is 4. The lowest BCUT2D eigenvalue weighted by Crippen LogP contribution is -2.02. The lowest BCUT2D eigenvalue weighted by molar-refractivity contribution is -0.142. The van der Waals surface area contributed by atoms with Crippen LogP contribution in [0.5, 0.6) is 0 Å². The van der Waals surface area contributed by atoms with Crippen molar-refractivity contribution in [2.75, 3.05) is 13.2 Å². The molecule has 0 aromatic rings. The van der Waals surface area contributed by atoms with Crippen molar-refractivity contribution in [1.82, 2.24) is 0 Å². The molecule has 0 atom stereocenters. The van der Waals surface area contributed by atoms with Gasteiger partial charge in [0.05, 0.1) is 13.2 Å². The average molecular weight is 246 g/mol. The highest BCUT2D eigenvalue weighted by molar-refractivity contribution is 5.66. The van der Waals surface area contributed by atoms with Crippen molar-refractivity contribution in [3.8, 4) is 0 Å². The van der Waals surface area contributed by atoms with Crippen LogP contribution >= 0.6 is 0 Å². The van der Waals surface area contributed by atoms with E-state index in [0.29, 0.717) is 19.1 Å². The number of carbonyl (C=O) groups excluding carboxylic acids is 2. The van der Waals surface area contributed by atoms with Crippen LogP contribution in [0.15, 0.2) is 0 Å². The number of carbonyl (C=O) groups is 2. The van der Waals surface area contributed by atoms with Gasteiger partial charge in [0.2, 0.25) is 0 Å². The molecule has 0 aliphatic rings. The van der Waals surface area contributed by atoms with Gasteiger partial charge in [0.15, 0.2) is 0 Å². The van der Waals surface area contributed by atoms with Crippen LogP contribution in [0.2, 0.25) is 0 Å². The molecule has 4 nitrogen and oxygen atoms in total. The maximum atomic E-state index is 10.2. The third kappa shape index (κ3) is 25.3. The minimum Gasteiger partial charge on any atom is -0.466 e. The van der Waals surface area contributed by atoms with Crippen LogP contribution in [0.1, 0.15) is 53.9 Å². The number of esters is 2. The fourth-order valence-corrected chi connectivity index (χ4v) is 0.799. The van der Waals surface area contributed by atoms with Gasteiger partial charge in [-0.15, -0.1) is 0 Å². The summed E-state index contributed by atoms with van der Waals surface area (Å²) in [6.45, 7) is 10.3. The lowest BCUT2D eigenvalue weighted by Gasteiger charge is -2.02. The highest BCUT2D eigenvalue weighted by Gasteiger charge is 1.95. The van der Waals surface area contributed by atoms with Gasteiger partial charge in [0.25, 0.3) is 0 Å². The van der Waals surface area contributed by atoms with E-state index in [4.69, 9.17) is 4.74 Å². The van der Waals surface area contributed by atoms with Gasteiger partial charge >= 0.3 is 11.9 Å². The molecular weight excluding hydrogens is 220 g/mol. The molecule has 0 aliphatic heterocycles. The molecule has 0 fully saturated rings. The molecule has 0 heterocycles. The summed E-state index contributed by atoms with van der Waals surface area (Å²) >= 11 is 0. The monoisotopic (exact) mass is 246 g/mol. The van der Waals surface area contributed by atoms with Crippen molar-refractivity contribution in [2.45, 2.75) is 53.9 Å². The molecular formula is C13H26O4. The predicted molar refractivity (Wildman–Crippen MR) is 67.6 cm³/mol. The molecule has 0 rings (SSSR count). The Hall–Kier alpha value is -1.06. The summed E-state index contributed by atoms with van der Waals surface area (Å²) < 4.78 is 9.36. The van der Waals surface area contributed by atoms with E-state index >= 15 is 0 Å². The first-order chi connectivity index (χ1) is 7.90. The van der Waals surface area contributed by atoms with Gasteiger partial charge in [-0.05, 0) is 18.8 Å². The van der Waals surface area contributed by atoms with E-state index < -0.39 is 0 Å². The van der Waals surface area contributed by atoms with Crippen molar-refractivity contribution in [3.63, 3.8) is 0 Å². The first-order valence-corrected chi connectivity index (χ1v) is 6.16. The van der Waals surface area contributed by atoms with Crippen LogP contribution in [0.25, 0.3) is 0 Å². The molecule has 17 heavy (non-hydrogen) atoms. The number of rotatable bonds is 6. The fourth-order valence-electron chi connectivity index (χ4n) is 0.799. The summed E-state index contributed by atoms with van der Waals surface area (Å²) in [7, 11) is 0. The van der Waals surface area contributed by atoms with Crippen LogP contribution in [-0.2, 0) is 19.1 Å². The summed E-state index contributed by atoms with van der Waals surface area (Å²) in [6.07, 6.45) is 3.01. The lowest BCUT2D eigenvalue weighted by atomic mass is 10.1. The smallest absolute Gasteiger partial charge is 0.302 e. The molecule has 0 bridgehead atoms. The minimum atomic E-state index is -0.185. The van der Waals surface area contributed by atoms with Gasteiger partial charge in [-0.25, -0.2) is 0 Å². The topological polar surface area (TPSA) is 52.6 Å². The zero-order chi connectivity index (χ0) is 13.7. The van der Waals surface area contributed by atoms with E-state index in [0.717, 1.165) is 19.3 Å². The molecule has 0 spiro atoms. The summed E-state index contributed by atoms with van der Waals surface area (Å²) in [4.78, 5) is 20.3. The van der Waals surface area contributed by atoms with Gasteiger partial charge in [-0.1, -0.05) is 27.2 Å². The molecule has 0 aliphatic carbocycles. The largest absolute Gasteiger partial charge is 0.466 e. The highest BCUT2D eigenvalue weighted by atomic mass is 16.5. The summed E-state index contributed by atoms with van der Waals surface area (Å²) in [5, 5.41) is 0. The molecule has 0 unspecified atom stereocenters. The van der Waals surface area contributed by atoms with E-state index in [-0.39, 0.29) is 11.9 Å².